The van der Waals surface area contributed by atoms with Gasteiger partial charge in [0.25, 0.3) is 0 Å². The van der Waals surface area contributed by atoms with Gasteiger partial charge in [-0.1, -0.05) is 6.07 Å². The van der Waals surface area contributed by atoms with Crippen molar-refractivity contribution in [2.75, 3.05) is 24.5 Å². The van der Waals surface area contributed by atoms with Crippen LogP contribution in [0.2, 0.25) is 0 Å². The summed E-state index contributed by atoms with van der Waals surface area (Å²) in [4.78, 5) is 2.13. The van der Waals surface area contributed by atoms with Crippen LogP contribution < -0.4 is 10.2 Å². The van der Waals surface area contributed by atoms with Gasteiger partial charge in [-0.3, -0.25) is 0 Å². The number of rotatable bonds is 1. The maximum absolute atomic E-state index is 13.7. The molecule has 1 saturated heterocycles. The molecule has 2 nitrogen and oxygen atoms in total. The Balaban J connectivity index is 2.27. The number of hydrogen-bond acceptors (Lipinski definition) is 2. The number of aryl methyl sites for hydroxylation is 1. The second-order valence-corrected chi connectivity index (χ2v) is 4.20. The van der Waals surface area contributed by atoms with Gasteiger partial charge in [-0.25, -0.2) is 4.39 Å². The summed E-state index contributed by atoms with van der Waals surface area (Å²) in [5, 5.41) is 3.30. The fraction of sp³-hybridized carbons (Fsp3) is 0.500. The number of benzene rings is 1. The van der Waals surface area contributed by atoms with E-state index >= 15 is 0 Å². The molecule has 3 heteroatoms. The van der Waals surface area contributed by atoms with Crippen molar-refractivity contribution < 1.29 is 4.39 Å². The van der Waals surface area contributed by atoms with Crippen LogP contribution in [0.1, 0.15) is 12.5 Å². The van der Waals surface area contributed by atoms with E-state index in [4.69, 9.17) is 0 Å². The summed E-state index contributed by atoms with van der Waals surface area (Å²) < 4.78 is 13.7. The summed E-state index contributed by atoms with van der Waals surface area (Å²) in [6.45, 7) is 6.76. The van der Waals surface area contributed by atoms with E-state index in [-0.39, 0.29) is 5.82 Å². The molecule has 0 spiro atoms. The fourth-order valence-electron chi connectivity index (χ4n) is 2.04. The largest absolute Gasteiger partial charge is 0.364 e. The smallest absolute Gasteiger partial charge is 0.146 e. The van der Waals surface area contributed by atoms with Crippen molar-refractivity contribution in [2.24, 2.45) is 0 Å². The molecule has 1 heterocycles. The average molecular weight is 208 g/mol. The Hall–Kier alpha value is -1.09. The first kappa shape index (κ1) is 10.4. The zero-order chi connectivity index (χ0) is 10.8. The molecule has 15 heavy (non-hydrogen) atoms. The van der Waals surface area contributed by atoms with Gasteiger partial charge in [0.2, 0.25) is 0 Å². The van der Waals surface area contributed by atoms with Gasteiger partial charge < -0.3 is 10.2 Å². The minimum Gasteiger partial charge on any atom is -0.364 e. The molecule has 0 amide bonds. The Morgan fingerprint density at radius 2 is 2.27 bits per heavy atom. The Morgan fingerprint density at radius 1 is 1.47 bits per heavy atom. The van der Waals surface area contributed by atoms with Crippen molar-refractivity contribution in [2.45, 2.75) is 19.9 Å². The van der Waals surface area contributed by atoms with E-state index < -0.39 is 0 Å². The topological polar surface area (TPSA) is 15.3 Å². The molecule has 1 atom stereocenters. The molecular weight excluding hydrogens is 191 g/mol. The third-order valence-corrected chi connectivity index (χ3v) is 2.91. The Bertz CT molecular complexity index is 351. The molecule has 2 rings (SSSR count). The summed E-state index contributed by atoms with van der Waals surface area (Å²) in [7, 11) is 0. The standard InChI is InChI=1S/C12H17FN2/c1-9-3-4-12(11(13)7-9)15-6-5-14-8-10(15)2/h3-4,7,10,14H,5-6,8H2,1-2H3. The molecule has 1 aromatic carbocycles. The lowest BCUT2D eigenvalue weighted by Crippen LogP contribution is -2.50. The van der Waals surface area contributed by atoms with Crippen molar-refractivity contribution in [3.63, 3.8) is 0 Å². The van der Waals surface area contributed by atoms with Crippen LogP contribution in [0.15, 0.2) is 18.2 Å². The van der Waals surface area contributed by atoms with Crippen LogP contribution >= 0.6 is 0 Å². The summed E-state index contributed by atoms with van der Waals surface area (Å²) in [6, 6.07) is 5.81. The zero-order valence-electron chi connectivity index (χ0n) is 9.26. The number of hydrogen-bond donors (Lipinski definition) is 1. The van der Waals surface area contributed by atoms with E-state index in [0.717, 1.165) is 30.9 Å². The summed E-state index contributed by atoms with van der Waals surface area (Å²) in [6.07, 6.45) is 0. The van der Waals surface area contributed by atoms with Crippen molar-refractivity contribution in [3.05, 3.63) is 29.6 Å². The molecule has 1 aliphatic heterocycles. The lowest BCUT2D eigenvalue weighted by Gasteiger charge is -2.36. The second-order valence-electron chi connectivity index (χ2n) is 4.20. The minimum absolute atomic E-state index is 0.108. The highest BCUT2D eigenvalue weighted by atomic mass is 19.1. The van der Waals surface area contributed by atoms with E-state index in [1.165, 1.54) is 0 Å². The lowest BCUT2D eigenvalue weighted by molar-refractivity contribution is 0.491. The summed E-state index contributed by atoms with van der Waals surface area (Å²) in [5.41, 5.74) is 1.70. The molecule has 82 valence electrons. The molecule has 1 fully saturated rings. The molecule has 1 aromatic rings. The van der Waals surface area contributed by atoms with E-state index in [9.17, 15) is 4.39 Å². The third-order valence-electron chi connectivity index (χ3n) is 2.91. The van der Waals surface area contributed by atoms with Gasteiger partial charge in [-0.2, -0.15) is 0 Å². The normalized spacial score (nSPS) is 21.8. The number of anilines is 1. The van der Waals surface area contributed by atoms with Crippen LogP contribution in [0.5, 0.6) is 0 Å². The van der Waals surface area contributed by atoms with Crippen LogP contribution in [-0.4, -0.2) is 25.7 Å². The first-order valence-electron chi connectivity index (χ1n) is 5.42. The van der Waals surface area contributed by atoms with E-state index in [2.05, 4.69) is 17.1 Å². The molecule has 1 N–H and O–H groups in total. The molecule has 0 bridgehead atoms. The van der Waals surface area contributed by atoms with Gasteiger partial charge in [-0.05, 0) is 31.5 Å². The summed E-state index contributed by atoms with van der Waals surface area (Å²) in [5.74, 6) is -0.108. The van der Waals surface area contributed by atoms with E-state index in [1.807, 2.05) is 19.1 Å². The minimum atomic E-state index is -0.108. The van der Waals surface area contributed by atoms with Gasteiger partial charge in [0.15, 0.2) is 0 Å². The van der Waals surface area contributed by atoms with Gasteiger partial charge in [-0.15, -0.1) is 0 Å². The van der Waals surface area contributed by atoms with Crippen LogP contribution in [0.3, 0.4) is 0 Å². The maximum atomic E-state index is 13.7. The fourth-order valence-corrected chi connectivity index (χ4v) is 2.04. The maximum Gasteiger partial charge on any atom is 0.146 e. The Kier molecular flexibility index (Phi) is 2.91. The second kappa shape index (κ2) is 4.19. The number of nitrogens with zero attached hydrogens (tertiary/aromatic N) is 1. The lowest BCUT2D eigenvalue weighted by atomic mass is 10.1. The summed E-state index contributed by atoms with van der Waals surface area (Å²) >= 11 is 0. The highest BCUT2D eigenvalue weighted by molar-refractivity contribution is 5.50. The van der Waals surface area contributed by atoms with E-state index in [1.54, 1.807) is 6.07 Å². The molecule has 0 aliphatic carbocycles. The first-order chi connectivity index (χ1) is 7.18. The number of piperazine rings is 1. The third kappa shape index (κ3) is 2.12. The van der Waals surface area contributed by atoms with Crippen molar-refractivity contribution >= 4 is 5.69 Å². The molecule has 0 radical (unpaired) electrons. The van der Waals surface area contributed by atoms with Gasteiger partial charge in [0, 0.05) is 25.7 Å². The van der Waals surface area contributed by atoms with E-state index in [0.29, 0.717) is 6.04 Å². The SMILES string of the molecule is Cc1ccc(N2CCNCC2C)c(F)c1. The zero-order valence-corrected chi connectivity index (χ0v) is 9.26. The van der Waals surface area contributed by atoms with Crippen LogP contribution in [0.25, 0.3) is 0 Å². The Morgan fingerprint density at radius 3 is 2.93 bits per heavy atom. The molecular formula is C12H17FN2. The predicted octanol–water partition coefficient (Wildman–Crippen LogP) is 1.93. The molecule has 1 aliphatic rings. The van der Waals surface area contributed by atoms with Crippen molar-refractivity contribution in [1.82, 2.24) is 5.32 Å². The van der Waals surface area contributed by atoms with Crippen LogP contribution in [0, 0.1) is 12.7 Å². The van der Waals surface area contributed by atoms with Gasteiger partial charge >= 0.3 is 0 Å². The monoisotopic (exact) mass is 208 g/mol. The van der Waals surface area contributed by atoms with Gasteiger partial charge in [0.05, 0.1) is 5.69 Å². The number of nitrogens with one attached hydrogen (secondary N) is 1. The van der Waals surface area contributed by atoms with Crippen LogP contribution in [-0.2, 0) is 0 Å². The Labute approximate surface area is 90.1 Å². The number of halogens is 1. The van der Waals surface area contributed by atoms with Crippen LogP contribution in [0.4, 0.5) is 10.1 Å². The van der Waals surface area contributed by atoms with Crippen molar-refractivity contribution in [1.29, 1.82) is 0 Å². The van der Waals surface area contributed by atoms with Gasteiger partial charge in [0.1, 0.15) is 5.82 Å². The molecule has 0 saturated carbocycles. The quantitative estimate of drug-likeness (QED) is 0.758. The first-order valence-corrected chi connectivity index (χ1v) is 5.42. The van der Waals surface area contributed by atoms with Crippen molar-refractivity contribution in [3.8, 4) is 0 Å². The molecule has 0 aromatic heterocycles. The average Bonchev–Trinajstić information content (AvgIpc) is 2.20. The predicted molar refractivity (Wildman–Crippen MR) is 60.8 cm³/mol. The highest BCUT2D eigenvalue weighted by Crippen LogP contribution is 2.22. The molecule has 1 unspecified atom stereocenters. The highest BCUT2D eigenvalue weighted by Gasteiger charge is 2.20.